The van der Waals surface area contributed by atoms with E-state index in [0.717, 1.165) is 51.8 Å². The third kappa shape index (κ3) is 8.31. The number of benzene rings is 2. The molecule has 3 N–H and O–H groups in total. The second-order valence-corrected chi connectivity index (χ2v) is 10.8. The smallest absolute Gasteiger partial charge is 0.328 e. The lowest BCUT2D eigenvalue weighted by atomic mass is 9.66. The predicted molar refractivity (Wildman–Crippen MR) is 155 cm³/mol. The molecule has 2 fully saturated rings. The van der Waals surface area contributed by atoms with Gasteiger partial charge in [-0.25, -0.2) is 14.0 Å². The molecule has 1 aliphatic carbocycles. The van der Waals surface area contributed by atoms with Crippen LogP contribution in [0.15, 0.2) is 85.2 Å². The van der Waals surface area contributed by atoms with Crippen LogP contribution in [0.5, 0.6) is 0 Å². The Hall–Kier alpha value is -3.88. The quantitative estimate of drug-likeness (QED) is 0.213. The van der Waals surface area contributed by atoms with Gasteiger partial charge < -0.3 is 20.3 Å². The maximum atomic E-state index is 13.7. The molecule has 216 valence electrons. The number of pyridine rings is 1. The topological polar surface area (TPSA) is 109 Å². The van der Waals surface area contributed by atoms with E-state index in [0.29, 0.717) is 12.2 Å². The minimum absolute atomic E-state index is 0.0145. The van der Waals surface area contributed by atoms with Crippen molar-refractivity contribution in [2.24, 2.45) is 0 Å². The summed E-state index contributed by atoms with van der Waals surface area (Å²) in [7, 11) is 0. The van der Waals surface area contributed by atoms with E-state index in [1.165, 1.54) is 35.1 Å². The van der Waals surface area contributed by atoms with Crippen molar-refractivity contribution in [1.29, 1.82) is 0 Å². The van der Waals surface area contributed by atoms with Gasteiger partial charge in [0.2, 0.25) is 0 Å². The lowest BCUT2D eigenvalue weighted by Gasteiger charge is -2.47. The lowest BCUT2D eigenvalue weighted by Crippen LogP contribution is -2.47. The van der Waals surface area contributed by atoms with Crippen molar-refractivity contribution in [3.05, 3.63) is 102 Å². The summed E-state index contributed by atoms with van der Waals surface area (Å²) >= 11 is 0. The van der Waals surface area contributed by atoms with E-state index in [9.17, 15) is 14.0 Å². The van der Waals surface area contributed by atoms with Crippen LogP contribution in [0, 0.1) is 5.82 Å². The molecule has 1 saturated heterocycles. The SMILES string of the molecule is Fc1ccc(C2(CCNCc3ccccc3-c3ccncc3)CCOC3(CCCC3)C2)cc1.O=C(O)/C=C/C(=O)O. The summed E-state index contributed by atoms with van der Waals surface area (Å²) in [5.41, 5.74) is 5.04. The van der Waals surface area contributed by atoms with Crippen molar-refractivity contribution in [2.45, 2.75) is 62.5 Å². The Morgan fingerprint density at radius 2 is 1.59 bits per heavy atom. The first-order valence-corrected chi connectivity index (χ1v) is 14.0. The van der Waals surface area contributed by atoms with Gasteiger partial charge in [0, 0.05) is 43.1 Å². The van der Waals surface area contributed by atoms with E-state index in [4.69, 9.17) is 14.9 Å². The van der Waals surface area contributed by atoms with Crippen molar-refractivity contribution in [1.82, 2.24) is 10.3 Å². The minimum Gasteiger partial charge on any atom is -0.478 e. The minimum atomic E-state index is -1.26. The Kier molecular flexibility index (Phi) is 10.4. The lowest BCUT2D eigenvalue weighted by molar-refractivity contribution is -0.134. The largest absolute Gasteiger partial charge is 0.478 e. The zero-order valence-electron chi connectivity index (χ0n) is 23.1. The number of halogens is 1. The van der Waals surface area contributed by atoms with Gasteiger partial charge in [-0.05, 0) is 85.2 Å². The number of aromatic nitrogens is 1. The molecule has 8 heteroatoms. The van der Waals surface area contributed by atoms with Gasteiger partial charge >= 0.3 is 11.9 Å². The Morgan fingerprint density at radius 1 is 0.927 bits per heavy atom. The molecule has 2 aliphatic rings. The van der Waals surface area contributed by atoms with Crippen LogP contribution in [0.4, 0.5) is 4.39 Å². The third-order valence-electron chi connectivity index (χ3n) is 8.09. The number of aliphatic carboxylic acids is 2. The molecular formula is C33H37FN2O5. The zero-order chi connectivity index (χ0) is 29.1. The molecule has 0 bridgehead atoms. The fourth-order valence-corrected chi connectivity index (χ4v) is 6.15. The van der Waals surface area contributed by atoms with Gasteiger partial charge in [0.25, 0.3) is 0 Å². The summed E-state index contributed by atoms with van der Waals surface area (Å²) in [5.74, 6) is -2.68. The summed E-state index contributed by atoms with van der Waals surface area (Å²) in [5, 5.41) is 19.3. The highest BCUT2D eigenvalue weighted by Crippen LogP contribution is 2.50. The van der Waals surface area contributed by atoms with Crippen LogP contribution in [0.25, 0.3) is 11.1 Å². The molecule has 1 unspecified atom stereocenters. The third-order valence-corrected chi connectivity index (χ3v) is 8.09. The molecule has 0 radical (unpaired) electrons. The monoisotopic (exact) mass is 560 g/mol. The van der Waals surface area contributed by atoms with Crippen LogP contribution in [-0.4, -0.2) is 45.9 Å². The number of hydrogen-bond donors (Lipinski definition) is 3. The van der Waals surface area contributed by atoms with Gasteiger partial charge in [0.15, 0.2) is 0 Å². The van der Waals surface area contributed by atoms with Gasteiger partial charge in [-0.1, -0.05) is 49.2 Å². The van der Waals surface area contributed by atoms with Crippen LogP contribution in [0.2, 0.25) is 0 Å². The van der Waals surface area contributed by atoms with Crippen LogP contribution >= 0.6 is 0 Å². The molecular weight excluding hydrogens is 523 g/mol. The molecule has 1 spiro atoms. The summed E-state index contributed by atoms with van der Waals surface area (Å²) < 4.78 is 20.1. The number of ether oxygens (including phenoxy) is 1. The van der Waals surface area contributed by atoms with E-state index < -0.39 is 11.9 Å². The highest BCUT2D eigenvalue weighted by molar-refractivity contribution is 5.89. The molecule has 7 nitrogen and oxygen atoms in total. The molecule has 1 aromatic heterocycles. The fraction of sp³-hybridized carbons (Fsp3) is 0.364. The average molecular weight is 561 g/mol. The first kappa shape index (κ1) is 30.1. The molecule has 1 aliphatic heterocycles. The van der Waals surface area contributed by atoms with Crippen LogP contribution < -0.4 is 5.32 Å². The zero-order valence-corrected chi connectivity index (χ0v) is 23.1. The van der Waals surface area contributed by atoms with Crippen molar-refractivity contribution < 1.29 is 28.9 Å². The molecule has 2 heterocycles. The second-order valence-electron chi connectivity index (χ2n) is 10.8. The normalized spacial score (nSPS) is 19.5. The summed E-state index contributed by atoms with van der Waals surface area (Å²) in [6.07, 6.45) is 12.7. The summed E-state index contributed by atoms with van der Waals surface area (Å²) in [6, 6.07) is 19.9. The number of nitrogens with zero attached hydrogens (tertiary/aromatic N) is 1. The summed E-state index contributed by atoms with van der Waals surface area (Å²) in [4.78, 5) is 23.3. The molecule has 0 amide bonds. The molecule has 2 aromatic carbocycles. The van der Waals surface area contributed by atoms with E-state index in [1.54, 1.807) is 12.1 Å². The number of nitrogens with one attached hydrogen (secondary N) is 1. The van der Waals surface area contributed by atoms with E-state index in [1.807, 2.05) is 24.5 Å². The fourth-order valence-electron chi connectivity index (χ4n) is 6.15. The molecule has 41 heavy (non-hydrogen) atoms. The maximum absolute atomic E-state index is 13.7. The number of hydrogen-bond acceptors (Lipinski definition) is 5. The predicted octanol–water partition coefficient (Wildman–Crippen LogP) is 6.14. The Balaban J connectivity index is 0.000000426. The van der Waals surface area contributed by atoms with Crippen molar-refractivity contribution in [3.63, 3.8) is 0 Å². The van der Waals surface area contributed by atoms with E-state index >= 15 is 0 Å². The highest BCUT2D eigenvalue weighted by atomic mass is 19.1. The summed E-state index contributed by atoms with van der Waals surface area (Å²) in [6.45, 7) is 2.53. The van der Waals surface area contributed by atoms with E-state index in [-0.39, 0.29) is 16.8 Å². The number of rotatable bonds is 9. The van der Waals surface area contributed by atoms with Crippen LogP contribution in [-0.2, 0) is 26.3 Å². The van der Waals surface area contributed by atoms with Crippen molar-refractivity contribution >= 4 is 11.9 Å². The number of carbonyl (C=O) groups is 2. The van der Waals surface area contributed by atoms with Gasteiger partial charge in [-0.3, -0.25) is 4.98 Å². The van der Waals surface area contributed by atoms with Gasteiger partial charge in [0.05, 0.1) is 5.60 Å². The Bertz CT molecular complexity index is 1310. The average Bonchev–Trinajstić information content (AvgIpc) is 3.42. The molecule has 1 atom stereocenters. The van der Waals surface area contributed by atoms with Gasteiger partial charge in [-0.2, -0.15) is 0 Å². The number of carboxylic acids is 2. The van der Waals surface area contributed by atoms with Crippen LogP contribution in [0.3, 0.4) is 0 Å². The number of carboxylic acid groups (broad SMARTS) is 2. The standard InChI is InChI=1S/C29H33FN2O.C4H4O4/c30-26-9-7-25(8-10-26)28(16-20-33-29(22-28)13-3-4-14-29)15-19-32-21-24-5-1-2-6-27(24)23-11-17-31-18-12-23;5-3(6)1-2-4(7)8/h1-2,5-12,17-18,32H,3-4,13-16,19-22H2;1-2H,(H,5,6)(H,7,8)/b;2-1+. The van der Waals surface area contributed by atoms with Gasteiger partial charge in [0.1, 0.15) is 5.82 Å². The maximum Gasteiger partial charge on any atom is 0.328 e. The highest BCUT2D eigenvalue weighted by Gasteiger charge is 2.47. The first-order valence-electron chi connectivity index (χ1n) is 14.0. The van der Waals surface area contributed by atoms with Crippen molar-refractivity contribution in [3.8, 4) is 11.1 Å². The first-order chi connectivity index (χ1) is 19.8. The molecule has 3 aromatic rings. The van der Waals surface area contributed by atoms with Crippen molar-refractivity contribution in [2.75, 3.05) is 13.2 Å². The Morgan fingerprint density at radius 3 is 2.24 bits per heavy atom. The van der Waals surface area contributed by atoms with Crippen LogP contribution in [0.1, 0.15) is 56.1 Å². The molecule has 5 rings (SSSR count). The Labute approximate surface area is 240 Å². The van der Waals surface area contributed by atoms with Gasteiger partial charge in [-0.15, -0.1) is 0 Å². The van der Waals surface area contributed by atoms with E-state index in [2.05, 4.69) is 46.7 Å². The second kappa shape index (κ2) is 14.1. The molecule has 1 saturated carbocycles.